The minimum absolute atomic E-state index is 0.0153. The van der Waals surface area contributed by atoms with Gasteiger partial charge in [-0.25, -0.2) is 14.4 Å². The van der Waals surface area contributed by atoms with E-state index in [-0.39, 0.29) is 29.1 Å². The van der Waals surface area contributed by atoms with Crippen LogP contribution in [0.15, 0.2) is 48.5 Å². The van der Waals surface area contributed by atoms with E-state index < -0.39 is 42.3 Å². The van der Waals surface area contributed by atoms with Gasteiger partial charge in [0.2, 0.25) is 11.8 Å². The smallest absolute Gasteiger partial charge is 0.478 e. The fraction of sp³-hybridized carbons (Fsp3) is 0.357. The number of aliphatic carboxylic acids is 2. The van der Waals surface area contributed by atoms with E-state index in [1.807, 2.05) is 6.07 Å². The van der Waals surface area contributed by atoms with Gasteiger partial charge in [-0.1, -0.05) is 36.4 Å². The summed E-state index contributed by atoms with van der Waals surface area (Å²) >= 11 is 0. The minimum atomic E-state index is -5.08. The van der Waals surface area contributed by atoms with Gasteiger partial charge in [-0.2, -0.15) is 26.3 Å². The van der Waals surface area contributed by atoms with Crippen molar-refractivity contribution in [1.82, 2.24) is 16.0 Å². The lowest BCUT2D eigenvalue weighted by Gasteiger charge is -2.17. The Bertz CT molecular complexity index is 1410. The Balaban J connectivity index is 0.000000658. The molecule has 19 heteroatoms. The van der Waals surface area contributed by atoms with Crippen molar-refractivity contribution in [3.8, 4) is 0 Å². The standard InChI is InChI=1S/C24H29N5O4.2C2HF3O2/c1-14(22(30)28-12-15-5-7-18(8-6-15)21(25)26)29-23(31)20-11-17(13-27-20)9-16-3-2-4-19(10-16)24(32)33;2*3-2(4,5)1(6)7/h2-8,10,14,17,20,27H,9,11-13H2,1H3,(H3,25,26)(H,28,30)(H,29,31)(H,32,33);2*(H,6,7)/t14?,17-,20+;;/m0../s1. The maximum Gasteiger partial charge on any atom is 0.490 e. The van der Waals surface area contributed by atoms with Gasteiger partial charge in [-0.3, -0.25) is 15.0 Å². The van der Waals surface area contributed by atoms with Crippen molar-refractivity contribution >= 4 is 35.6 Å². The molecule has 1 saturated heterocycles. The number of amidine groups is 1. The molecule has 0 aromatic heterocycles. The largest absolute Gasteiger partial charge is 0.490 e. The van der Waals surface area contributed by atoms with Crippen LogP contribution in [0.1, 0.15) is 40.4 Å². The summed E-state index contributed by atoms with van der Waals surface area (Å²) < 4.78 is 63.5. The number of nitrogens with one attached hydrogen (secondary N) is 4. The first-order valence-corrected chi connectivity index (χ1v) is 13.3. The van der Waals surface area contributed by atoms with Gasteiger partial charge < -0.3 is 37.0 Å². The van der Waals surface area contributed by atoms with Crippen molar-refractivity contribution in [2.75, 3.05) is 6.54 Å². The van der Waals surface area contributed by atoms with E-state index in [4.69, 9.17) is 36.1 Å². The van der Waals surface area contributed by atoms with Gasteiger partial charge in [0.1, 0.15) is 11.9 Å². The Morgan fingerprint density at radius 2 is 1.45 bits per heavy atom. The van der Waals surface area contributed by atoms with Crippen LogP contribution in [0.5, 0.6) is 0 Å². The molecule has 0 aliphatic carbocycles. The van der Waals surface area contributed by atoms with Crippen molar-refractivity contribution < 1.29 is 65.6 Å². The van der Waals surface area contributed by atoms with E-state index in [0.29, 0.717) is 31.5 Å². The van der Waals surface area contributed by atoms with Crippen molar-refractivity contribution in [1.29, 1.82) is 5.41 Å². The number of halogens is 6. The maximum absolute atomic E-state index is 12.6. The summed E-state index contributed by atoms with van der Waals surface area (Å²) in [7, 11) is 0. The normalized spacial score (nSPS) is 16.2. The number of carbonyl (C=O) groups is 5. The summed E-state index contributed by atoms with van der Waals surface area (Å²) in [4.78, 5) is 53.9. The first kappa shape index (κ1) is 39.8. The lowest BCUT2D eigenvalue weighted by atomic mass is 9.95. The molecular formula is C28H31F6N5O8. The van der Waals surface area contributed by atoms with Crippen LogP contribution in [-0.4, -0.2) is 81.9 Å². The van der Waals surface area contributed by atoms with Crippen LogP contribution in [0.2, 0.25) is 0 Å². The van der Waals surface area contributed by atoms with Crippen LogP contribution < -0.4 is 21.7 Å². The number of rotatable bonds is 9. The van der Waals surface area contributed by atoms with Gasteiger partial charge >= 0.3 is 30.3 Å². The molecule has 2 aromatic carbocycles. The summed E-state index contributed by atoms with van der Waals surface area (Å²) in [5.41, 5.74) is 8.08. The number of carbonyl (C=O) groups excluding carboxylic acids is 2. The van der Waals surface area contributed by atoms with Crippen LogP contribution in [0, 0.1) is 11.3 Å². The summed E-state index contributed by atoms with van der Waals surface area (Å²) in [6.45, 7) is 2.58. The fourth-order valence-corrected chi connectivity index (χ4v) is 3.85. The number of aromatic carboxylic acids is 1. The zero-order valence-electron chi connectivity index (χ0n) is 24.4. The number of benzene rings is 2. The van der Waals surface area contributed by atoms with E-state index in [1.165, 1.54) is 0 Å². The van der Waals surface area contributed by atoms with Crippen molar-refractivity contribution in [2.45, 2.75) is 50.7 Å². The molecule has 1 aliphatic heterocycles. The Morgan fingerprint density at radius 1 is 0.915 bits per heavy atom. The van der Waals surface area contributed by atoms with Crippen LogP contribution >= 0.6 is 0 Å². The SMILES string of the molecule is CC(NC(=O)[C@H]1C[C@H](Cc2cccc(C(=O)O)c2)CN1)C(=O)NCc1ccc(C(=N)N)cc1.O=C(O)C(F)(F)F.O=C(O)C(F)(F)F. The number of nitrogen functional groups attached to an aromatic ring is 1. The summed E-state index contributed by atoms with van der Waals surface area (Å²) in [6, 6.07) is 12.8. The van der Waals surface area contributed by atoms with Gasteiger partial charge in [0.25, 0.3) is 0 Å². The zero-order valence-corrected chi connectivity index (χ0v) is 24.4. The predicted molar refractivity (Wildman–Crippen MR) is 151 cm³/mol. The van der Waals surface area contributed by atoms with E-state index in [2.05, 4.69) is 16.0 Å². The first-order valence-electron chi connectivity index (χ1n) is 13.3. The summed E-state index contributed by atoms with van der Waals surface area (Å²) in [5, 5.41) is 39.5. The Labute approximate surface area is 262 Å². The summed E-state index contributed by atoms with van der Waals surface area (Å²) in [6.07, 6.45) is -8.88. The highest BCUT2D eigenvalue weighted by molar-refractivity contribution is 5.95. The molecule has 2 amide bonds. The van der Waals surface area contributed by atoms with Gasteiger partial charge in [0.15, 0.2) is 0 Å². The van der Waals surface area contributed by atoms with E-state index in [1.54, 1.807) is 49.4 Å². The Kier molecular flexibility index (Phi) is 14.8. The molecular weight excluding hydrogens is 648 g/mol. The fourth-order valence-electron chi connectivity index (χ4n) is 3.85. The maximum atomic E-state index is 12.6. The Hall–Kier alpha value is -5.20. The molecule has 1 fully saturated rings. The van der Waals surface area contributed by atoms with E-state index >= 15 is 0 Å². The molecule has 3 atom stereocenters. The average Bonchev–Trinajstić information content (AvgIpc) is 3.44. The van der Waals surface area contributed by atoms with Crippen molar-refractivity contribution in [3.63, 3.8) is 0 Å². The number of hydrogen-bond donors (Lipinski definition) is 8. The molecule has 258 valence electrons. The molecule has 2 aromatic rings. The number of amides is 2. The highest BCUT2D eigenvalue weighted by Gasteiger charge is 2.39. The highest BCUT2D eigenvalue weighted by atomic mass is 19.4. The van der Waals surface area contributed by atoms with E-state index in [9.17, 15) is 40.7 Å². The third-order valence-corrected chi connectivity index (χ3v) is 6.21. The third kappa shape index (κ3) is 14.6. The van der Waals surface area contributed by atoms with Crippen molar-refractivity contribution in [2.24, 2.45) is 11.7 Å². The quantitative estimate of drug-likeness (QED) is 0.109. The topological polar surface area (TPSA) is 232 Å². The number of alkyl halides is 6. The second-order valence-electron chi connectivity index (χ2n) is 9.94. The Morgan fingerprint density at radius 3 is 1.91 bits per heavy atom. The van der Waals surface area contributed by atoms with E-state index in [0.717, 1.165) is 11.1 Å². The average molecular weight is 680 g/mol. The molecule has 13 nitrogen and oxygen atoms in total. The number of carboxylic acid groups (broad SMARTS) is 3. The molecule has 3 rings (SSSR count). The second kappa shape index (κ2) is 17.5. The molecule has 0 spiro atoms. The molecule has 47 heavy (non-hydrogen) atoms. The zero-order chi connectivity index (χ0) is 36.1. The molecule has 0 saturated carbocycles. The second-order valence-corrected chi connectivity index (χ2v) is 9.94. The van der Waals surface area contributed by atoms with Crippen molar-refractivity contribution in [3.05, 3.63) is 70.8 Å². The lowest BCUT2D eigenvalue weighted by Crippen LogP contribution is -2.49. The highest BCUT2D eigenvalue weighted by Crippen LogP contribution is 2.20. The number of nitrogens with two attached hydrogens (primary N) is 1. The molecule has 9 N–H and O–H groups in total. The predicted octanol–water partition coefficient (Wildman–Crippen LogP) is 2.28. The van der Waals surface area contributed by atoms with Gasteiger partial charge in [0, 0.05) is 12.1 Å². The van der Waals surface area contributed by atoms with Gasteiger partial charge in [-0.15, -0.1) is 0 Å². The number of hydrogen-bond acceptors (Lipinski definition) is 7. The molecule has 0 bridgehead atoms. The van der Waals surface area contributed by atoms with Crippen LogP contribution in [0.4, 0.5) is 26.3 Å². The van der Waals surface area contributed by atoms with Crippen LogP contribution in [0.25, 0.3) is 0 Å². The molecule has 1 heterocycles. The van der Waals surface area contributed by atoms with Gasteiger partial charge in [0.05, 0.1) is 11.6 Å². The monoisotopic (exact) mass is 679 g/mol. The van der Waals surface area contributed by atoms with Crippen LogP contribution in [-0.2, 0) is 32.1 Å². The van der Waals surface area contributed by atoms with Crippen LogP contribution in [0.3, 0.4) is 0 Å². The first-order chi connectivity index (χ1) is 21.6. The van der Waals surface area contributed by atoms with Gasteiger partial charge in [-0.05, 0) is 55.5 Å². The molecule has 1 aliphatic rings. The molecule has 0 radical (unpaired) electrons. The lowest BCUT2D eigenvalue weighted by molar-refractivity contribution is -0.193. The molecule has 1 unspecified atom stereocenters. The minimum Gasteiger partial charge on any atom is -0.478 e. The number of carboxylic acids is 3. The summed E-state index contributed by atoms with van der Waals surface area (Å²) in [5.74, 6) is -6.81. The third-order valence-electron chi connectivity index (χ3n) is 6.21.